The number of benzene rings is 1. The second-order valence-corrected chi connectivity index (χ2v) is 5.04. The third-order valence-electron chi connectivity index (χ3n) is 4.03. The van der Waals surface area contributed by atoms with Gasteiger partial charge in [0.05, 0.1) is 0 Å². The van der Waals surface area contributed by atoms with Crippen molar-refractivity contribution in [3.05, 3.63) is 35.9 Å². The third-order valence-corrected chi connectivity index (χ3v) is 4.03. The molecular weight excluding hydrogens is 226 g/mol. The number of likely N-dealkylation sites (N-methyl/N-ethyl adjacent to an activating group) is 1. The van der Waals surface area contributed by atoms with Gasteiger partial charge < -0.3 is 5.11 Å². The van der Waals surface area contributed by atoms with E-state index in [0.29, 0.717) is 0 Å². The minimum Gasteiger partial charge on any atom is -0.480 e. The van der Waals surface area contributed by atoms with E-state index in [2.05, 4.69) is 17.0 Å². The zero-order valence-electron chi connectivity index (χ0n) is 10.9. The summed E-state index contributed by atoms with van der Waals surface area (Å²) in [6, 6.07) is 10.1. The first kappa shape index (κ1) is 13.1. The van der Waals surface area contributed by atoms with E-state index in [-0.39, 0.29) is 0 Å². The first-order valence-corrected chi connectivity index (χ1v) is 6.71. The Bertz CT molecular complexity index is 396. The van der Waals surface area contributed by atoms with Crippen molar-refractivity contribution >= 4 is 5.97 Å². The fourth-order valence-corrected chi connectivity index (χ4v) is 2.99. The summed E-state index contributed by atoms with van der Waals surface area (Å²) >= 11 is 0. The molecule has 0 spiro atoms. The number of rotatable bonds is 5. The summed E-state index contributed by atoms with van der Waals surface area (Å²) in [5, 5.41) is 9.60. The van der Waals surface area contributed by atoms with Crippen molar-refractivity contribution in [3.8, 4) is 0 Å². The molecule has 18 heavy (non-hydrogen) atoms. The van der Waals surface area contributed by atoms with Crippen molar-refractivity contribution in [1.82, 2.24) is 4.90 Å². The summed E-state index contributed by atoms with van der Waals surface area (Å²) in [6.07, 6.45) is 3.61. The molecule has 0 aromatic heterocycles. The molecule has 1 aromatic rings. The van der Waals surface area contributed by atoms with Crippen LogP contribution >= 0.6 is 0 Å². The SMILES string of the molecule is CCN(Cc1ccccc1)C1(C(=O)O)CCCC1. The quantitative estimate of drug-likeness (QED) is 0.869. The van der Waals surface area contributed by atoms with Gasteiger partial charge in [0.25, 0.3) is 0 Å². The van der Waals surface area contributed by atoms with Crippen molar-refractivity contribution in [2.75, 3.05) is 6.54 Å². The van der Waals surface area contributed by atoms with Crippen molar-refractivity contribution in [2.24, 2.45) is 0 Å². The predicted molar refractivity (Wildman–Crippen MR) is 71.4 cm³/mol. The Morgan fingerprint density at radius 2 is 1.89 bits per heavy atom. The first-order chi connectivity index (χ1) is 8.69. The standard InChI is InChI=1S/C15H21NO2/c1-2-16(12-13-8-4-3-5-9-13)15(14(17)18)10-6-7-11-15/h3-5,8-9H,2,6-7,10-12H2,1H3,(H,17,18). The van der Waals surface area contributed by atoms with Gasteiger partial charge in [-0.15, -0.1) is 0 Å². The van der Waals surface area contributed by atoms with Crippen LogP contribution in [0.5, 0.6) is 0 Å². The van der Waals surface area contributed by atoms with E-state index in [4.69, 9.17) is 0 Å². The van der Waals surface area contributed by atoms with E-state index in [1.807, 2.05) is 25.1 Å². The van der Waals surface area contributed by atoms with Gasteiger partial charge in [-0.2, -0.15) is 0 Å². The van der Waals surface area contributed by atoms with E-state index in [1.165, 1.54) is 5.56 Å². The number of nitrogens with zero attached hydrogens (tertiary/aromatic N) is 1. The molecule has 0 unspecified atom stereocenters. The van der Waals surface area contributed by atoms with Gasteiger partial charge in [0, 0.05) is 6.54 Å². The van der Waals surface area contributed by atoms with Gasteiger partial charge >= 0.3 is 5.97 Å². The van der Waals surface area contributed by atoms with E-state index in [9.17, 15) is 9.90 Å². The first-order valence-electron chi connectivity index (χ1n) is 6.71. The Labute approximate surface area is 108 Å². The van der Waals surface area contributed by atoms with Gasteiger partial charge in [-0.25, -0.2) is 0 Å². The molecule has 98 valence electrons. The fraction of sp³-hybridized carbons (Fsp3) is 0.533. The molecule has 2 rings (SSSR count). The highest BCUT2D eigenvalue weighted by atomic mass is 16.4. The number of aliphatic carboxylic acids is 1. The summed E-state index contributed by atoms with van der Waals surface area (Å²) in [6.45, 7) is 3.55. The topological polar surface area (TPSA) is 40.5 Å². The lowest BCUT2D eigenvalue weighted by Gasteiger charge is -2.37. The zero-order valence-corrected chi connectivity index (χ0v) is 10.9. The largest absolute Gasteiger partial charge is 0.480 e. The van der Waals surface area contributed by atoms with Crippen molar-refractivity contribution in [2.45, 2.75) is 44.7 Å². The highest BCUT2D eigenvalue weighted by Crippen LogP contribution is 2.36. The molecule has 3 heteroatoms. The van der Waals surface area contributed by atoms with E-state index in [0.717, 1.165) is 38.8 Å². The Hall–Kier alpha value is -1.35. The van der Waals surface area contributed by atoms with Crippen LogP contribution in [0.4, 0.5) is 0 Å². The van der Waals surface area contributed by atoms with Crippen LogP contribution < -0.4 is 0 Å². The maximum Gasteiger partial charge on any atom is 0.324 e. The molecule has 1 aliphatic carbocycles. The second-order valence-electron chi connectivity index (χ2n) is 5.04. The van der Waals surface area contributed by atoms with E-state index < -0.39 is 11.5 Å². The second kappa shape index (κ2) is 5.53. The van der Waals surface area contributed by atoms with Gasteiger partial charge in [-0.1, -0.05) is 50.1 Å². The lowest BCUT2D eigenvalue weighted by Crippen LogP contribution is -2.52. The number of carboxylic acid groups (broad SMARTS) is 1. The smallest absolute Gasteiger partial charge is 0.324 e. The Morgan fingerprint density at radius 3 is 2.39 bits per heavy atom. The summed E-state index contributed by atoms with van der Waals surface area (Å²) in [4.78, 5) is 13.8. The lowest BCUT2D eigenvalue weighted by molar-refractivity contribution is -0.151. The van der Waals surface area contributed by atoms with Crippen LogP contribution in [0.1, 0.15) is 38.2 Å². The molecule has 0 atom stereocenters. The number of carbonyl (C=O) groups is 1. The molecule has 1 saturated carbocycles. The minimum absolute atomic E-state index is 0.634. The van der Waals surface area contributed by atoms with Crippen molar-refractivity contribution < 1.29 is 9.90 Å². The van der Waals surface area contributed by atoms with Crippen LogP contribution in [0, 0.1) is 0 Å². The Balaban J connectivity index is 2.19. The van der Waals surface area contributed by atoms with E-state index in [1.54, 1.807) is 0 Å². The van der Waals surface area contributed by atoms with Gasteiger partial charge in [-0.3, -0.25) is 9.69 Å². The average Bonchev–Trinajstić information content (AvgIpc) is 2.87. The highest BCUT2D eigenvalue weighted by molar-refractivity contribution is 5.79. The maximum atomic E-state index is 11.7. The Morgan fingerprint density at radius 1 is 1.28 bits per heavy atom. The molecule has 0 amide bonds. The normalized spacial score (nSPS) is 18.1. The third kappa shape index (κ3) is 2.41. The monoisotopic (exact) mass is 247 g/mol. The molecule has 0 heterocycles. The lowest BCUT2D eigenvalue weighted by atomic mass is 9.94. The number of hydrogen-bond donors (Lipinski definition) is 1. The maximum absolute atomic E-state index is 11.7. The molecule has 3 nitrogen and oxygen atoms in total. The van der Waals surface area contributed by atoms with Gasteiger partial charge in [0.2, 0.25) is 0 Å². The van der Waals surface area contributed by atoms with Gasteiger partial charge in [-0.05, 0) is 24.9 Å². The molecule has 0 saturated heterocycles. The van der Waals surface area contributed by atoms with Gasteiger partial charge in [0.15, 0.2) is 0 Å². The summed E-state index contributed by atoms with van der Waals surface area (Å²) in [7, 11) is 0. The van der Waals surface area contributed by atoms with Crippen LogP contribution in [0.2, 0.25) is 0 Å². The molecule has 1 aromatic carbocycles. The molecule has 1 fully saturated rings. The average molecular weight is 247 g/mol. The molecule has 1 N–H and O–H groups in total. The molecule has 0 aliphatic heterocycles. The molecule has 1 aliphatic rings. The summed E-state index contributed by atoms with van der Waals surface area (Å²) in [5.74, 6) is -0.655. The van der Waals surface area contributed by atoms with Crippen LogP contribution in [-0.4, -0.2) is 28.1 Å². The molecule has 0 radical (unpaired) electrons. The van der Waals surface area contributed by atoms with Crippen molar-refractivity contribution in [3.63, 3.8) is 0 Å². The highest BCUT2D eigenvalue weighted by Gasteiger charge is 2.45. The van der Waals surface area contributed by atoms with Crippen LogP contribution in [0.25, 0.3) is 0 Å². The number of hydrogen-bond acceptors (Lipinski definition) is 2. The summed E-state index contributed by atoms with van der Waals surface area (Å²) < 4.78 is 0. The van der Waals surface area contributed by atoms with E-state index >= 15 is 0 Å². The minimum atomic E-state index is -0.655. The van der Waals surface area contributed by atoms with Crippen LogP contribution in [0.3, 0.4) is 0 Å². The molecular formula is C15H21NO2. The Kier molecular flexibility index (Phi) is 4.02. The van der Waals surface area contributed by atoms with Crippen LogP contribution in [-0.2, 0) is 11.3 Å². The van der Waals surface area contributed by atoms with Crippen molar-refractivity contribution in [1.29, 1.82) is 0 Å². The predicted octanol–water partition coefficient (Wildman–Crippen LogP) is 2.91. The molecule has 0 bridgehead atoms. The van der Waals surface area contributed by atoms with Crippen LogP contribution in [0.15, 0.2) is 30.3 Å². The fourth-order valence-electron chi connectivity index (χ4n) is 2.99. The van der Waals surface area contributed by atoms with Gasteiger partial charge in [0.1, 0.15) is 5.54 Å². The number of carboxylic acids is 1. The zero-order chi connectivity index (χ0) is 13.0. The summed E-state index contributed by atoms with van der Waals surface area (Å²) in [5.41, 5.74) is 0.553.